The van der Waals surface area contributed by atoms with Crippen molar-refractivity contribution >= 4 is 0 Å². The third kappa shape index (κ3) is 2.38. The van der Waals surface area contributed by atoms with Crippen molar-refractivity contribution < 1.29 is 23.4 Å². The van der Waals surface area contributed by atoms with E-state index >= 15 is 0 Å². The second-order valence-corrected chi connectivity index (χ2v) is 5.19. The molecule has 1 aromatic rings. The first-order chi connectivity index (χ1) is 9.10. The van der Waals surface area contributed by atoms with Crippen LogP contribution < -0.4 is 0 Å². The minimum Gasteiger partial charge on any atom is -0.392 e. The fraction of sp³-hybridized carbons (Fsp3) is 0.571. The molecule has 1 N–H and O–H groups in total. The minimum absolute atomic E-state index is 0.236. The number of rotatable bonds is 1. The highest BCUT2D eigenvalue weighted by atomic mass is 19.1. The van der Waals surface area contributed by atoms with E-state index in [0.29, 0.717) is 32.5 Å². The Morgan fingerprint density at radius 2 is 1.95 bits per heavy atom. The zero-order chi connectivity index (χ0) is 13.5. The third-order valence-corrected chi connectivity index (χ3v) is 3.99. The highest BCUT2D eigenvalue weighted by molar-refractivity contribution is 5.25. The predicted octanol–water partition coefficient (Wildman–Crippen LogP) is 2.34. The van der Waals surface area contributed by atoms with E-state index in [1.54, 1.807) is 0 Å². The van der Waals surface area contributed by atoms with Gasteiger partial charge in [0, 0.05) is 18.8 Å². The van der Waals surface area contributed by atoms with Crippen LogP contribution in [-0.2, 0) is 9.47 Å². The van der Waals surface area contributed by atoms with Gasteiger partial charge in [-0.15, -0.1) is 0 Å². The van der Waals surface area contributed by atoms with Gasteiger partial charge in [-0.25, -0.2) is 8.78 Å². The Morgan fingerprint density at radius 1 is 1.21 bits per heavy atom. The molecule has 1 saturated heterocycles. The van der Waals surface area contributed by atoms with Crippen LogP contribution >= 0.6 is 0 Å². The van der Waals surface area contributed by atoms with Crippen molar-refractivity contribution in [1.82, 2.24) is 0 Å². The molecular weight excluding hydrogens is 254 g/mol. The molecule has 104 valence electrons. The summed E-state index contributed by atoms with van der Waals surface area (Å²) in [5.74, 6) is -2.10. The van der Waals surface area contributed by atoms with Crippen LogP contribution in [0.2, 0.25) is 0 Å². The number of halogens is 2. The predicted molar refractivity (Wildman–Crippen MR) is 63.6 cm³/mol. The summed E-state index contributed by atoms with van der Waals surface area (Å²) in [6.07, 6.45) is 0.614. The molecule has 2 atom stereocenters. The van der Waals surface area contributed by atoms with E-state index in [1.807, 2.05) is 0 Å². The van der Waals surface area contributed by atoms with Crippen molar-refractivity contribution in [3.8, 4) is 0 Å². The lowest BCUT2D eigenvalue weighted by molar-refractivity contribution is -0.199. The van der Waals surface area contributed by atoms with Crippen molar-refractivity contribution in [2.24, 2.45) is 0 Å². The molecule has 2 aliphatic rings. The molecule has 0 bridgehead atoms. The van der Waals surface area contributed by atoms with Gasteiger partial charge in [0.25, 0.3) is 0 Å². The van der Waals surface area contributed by atoms with Gasteiger partial charge in [-0.2, -0.15) is 0 Å². The van der Waals surface area contributed by atoms with Gasteiger partial charge in [-0.05, 0) is 30.2 Å². The van der Waals surface area contributed by atoms with Crippen molar-refractivity contribution in [2.75, 3.05) is 13.2 Å². The van der Waals surface area contributed by atoms with Crippen molar-refractivity contribution in [3.63, 3.8) is 0 Å². The zero-order valence-corrected chi connectivity index (χ0v) is 10.4. The first-order valence-corrected chi connectivity index (χ1v) is 6.51. The lowest BCUT2D eigenvalue weighted by Crippen LogP contribution is -2.42. The Labute approximate surface area is 110 Å². The van der Waals surface area contributed by atoms with E-state index in [1.165, 1.54) is 0 Å². The highest BCUT2D eigenvalue weighted by Crippen LogP contribution is 2.43. The SMILES string of the molecule is O[C@H]1CC2(CC[C@@H]1c1cc(F)ccc1F)OCCO2. The van der Waals surface area contributed by atoms with E-state index in [0.717, 1.165) is 18.2 Å². The molecule has 1 aliphatic carbocycles. The molecule has 19 heavy (non-hydrogen) atoms. The number of aliphatic hydroxyl groups is 1. The van der Waals surface area contributed by atoms with Gasteiger partial charge in [0.05, 0.1) is 19.3 Å². The van der Waals surface area contributed by atoms with Gasteiger partial charge in [0.1, 0.15) is 11.6 Å². The second kappa shape index (κ2) is 4.81. The molecule has 0 radical (unpaired) electrons. The van der Waals surface area contributed by atoms with Gasteiger partial charge in [0.2, 0.25) is 0 Å². The summed E-state index contributed by atoms with van der Waals surface area (Å²) < 4.78 is 38.1. The normalized spacial score (nSPS) is 29.8. The first kappa shape index (κ1) is 13.0. The standard InChI is InChI=1S/C14H16F2O3/c15-9-1-2-12(16)11(7-9)10-3-4-14(8-13(10)17)18-5-6-19-14/h1-2,7,10,13,17H,3-6,8H2/t10-,13+/m1/s1. The molecule has 0 unspecified atom stereocenters. The third-order valence-electron chi connectivity index (χ3n) is 3.99. The summed E-state index contributed by atoms with van der Waals surface area (Å²) in [4.78, 5) is 0. The number of hydrogen-bond acceptors (Lipinski definition) is 3. The monoisotopic (exact) mass is 270 g/mol. The van der Waals surface area contributed by atoms with Gasteiger partial charge in [0.15, 0.2) is 5.79 Å². The summed E-state index contributed by atoms with van der Waals surface area (Å²) in [5, 5.41) is 10.2. The number of ether oxygens (including phenoxy) is 2. The number of aliphatic hydroxyl groups excluding tert-OH is 1. The van der Waals surface area contributed by atoms with Gasteiger partial charge < -0.3 is 14.6 Å². The van der Waals surface area contributed by atoms with Crippen molar-refractivity contribution in [3.05, 3.63) is 35.4 Å². The topological polar surface area (TPSA) is 38.7 Å². The van der Waals surface area contributed by atoms with Gasteiger partial charge >= 0.3 is 0 Å². The largest absolute Gasteiger partial charge is 0.392 e. The molecule has 3 rings (SSSR count). The molecule has 1 saturated carbocycles. The zero-order valence-electron chi connectivity index (χ0n) is 10.4. The molecule has 0 amide bonds. The van der Waals surface area contributed by atoms with Crippen LogP contribution in [0.5, 0.6) is 0 Å². The van der Waals surface area contributed by atoms with Gasteiger partial charge in [-0.1, -0.05) is 0 Å². The Hall–Kier alpha value is -1.04. The van der Waals surface area contributed by atoms with E-state index < -0.39 is 29.4 Å². The number of hydrogen-bond donors (Lipinski definition) is 1. The maximum Gasteiger partial charge on any atom is 0.171 e. The molecule has 1 aromatic carbocycles. The lowest BCUT2D eigenvalue weighted by Gasteiger charge is -2.39. The Kier molecular flexibility index (Phi) is 3.28. The van der Waals surface area contributed by atoms with E-state index in [4.69, 9.17) is 9.47 Å². The quantitative estimate of drug-likeness (QED) is 0.851. The summed E-state index contributed by atoms with van der Waals surface area (Å²) >= 11 is 0. The molecular formula is C14H16F2O3. The van der Waals surface area contributed by atoms with Crippen LogP contribution in [0.3, 0.4) is 0 Å². The Morgan fingerprint density at radius 3 is 2.63 bits per heavy atom. The minimum atomic E-state index is -0.789. The average Bonchev–Trinajstić information content (AvgIpc) is 2.81. The van der Waals surface area contributed by atoms with Crippen LogP contribution in [0.25, 0.3) is 0 Å². The van der Waals surface area contributed by atoms with Crippen molar-refractivity contribution in [1.29, 1.82) is 0 Å². The maximum absolute atomic E-state index is 13.8. The molecule has 1 aliphatic heterocycles. The molecule has 1 spiro atoms. The summed E-state index contributed by atoms with van der Waals surface area (Å²) in [5.41, 5.74) is 0.236. The number of benzene rings is 1. The van der Waals surface area contributed by atoms with Gasteiger partial charge in [-0.3, -0.25) is 0 Å². The molecule has 2 fully saturated rings. The maximum atomic E-state index is 13.8. The fourth-order valence-electron chi connectivity index (χ4n) is 3.05. The van der Waals surface area contributed by atoms with Crippen LogP contribution in [-0.4, -0.2) is 30.2 Å². The fourth-order valence-corrected chi connectivity index (χ4v) is 3.05. The second-order valence-electron chi connectivity index (χ2n) is 5.19. The summed E-state index contributed by atoms with van der Waals surface area (Å²) in [6, 6.07) is 3.35. The van der Waals surface area contributed by atoms with E-state index in [2.05, 4.69) is 0 Å². The van der Waals surface area contributed by atoms with Crippen LogP contribution in [0.15, 0.2) is 18.2 Å². The smallest absolute Gasteiger partial charge is 0.171 e. The molecule has 5 heteroatoms. The Bertz CT molecular complexity index is 472. The van der Waals surface area contributed by atoms with Crippen molar-refractivity contribution in [2.45, 2.75) is 37.1 Å². The highest BCUT2D eigenvalue weighted by Gasteiger charge is 2.45. The van der Waals surface area contributed by atoms with Crippen LogP contribution in [0.1, 0.15) is 30.7 Å². The Balaban J connectivity index is 1.81. The lowest BCUT2D eigenvalue weighted by atomic mass is 9.78. The van der Waals surface area contributed by atoms with E-state index in [9.17, 15) is 13.9 Å². The molecule has 0 aromatic heterocycles. The first-order valence-electron chi connectivity index (χ1n) is 6.51. The van der Waals surface area contributed by atoms with Crippen LogP contribution in [0.4, 0.5) is 8.78 Å². The van der Waals surface area contributed by atoms with Crippen LogP contribution in [0, 0.1) is 11.6 Å². The summed E-state index contributed by atoms with van der Waals surface area (Å²) in [6.45, 7) is 1.04. The molecule has 3 nitrogen and oxygen atoms in total. The molecule has 1 heterocycles. The summed E-state index contributed by atoms with van der Waals surface area (Å²) in [7, 11) is 0. The van der Waals surface area contributed by atoms with E-state index in [-0.39, 0.29) is 5.56 Å². The average molecular weight is 270 g/mol.